The molecule has 0 fully saturated rings. The van der Waals surface area contributed by atoms with Crippen LogP contribution < -0.4 is 5.32 Å². The Morgan fingerprint density at radius 1 is 0.596 bits per heavy atom. The Morgan fingerprint density at radius 3 is 1.51 bits per heavy atom. The number of amides is 1. The smallest absolute Gasteiger partial charge is 0.462 e. The average Bonchev–Trinajstić information content (AvgIpc) is 3.14. The quantitative estimate of drug-likeness (QED) is 0.0273. The largest absolute Gasteiger partial charge is 0.474 e. The van der Waals surface area contributed by atoms with Gasteiger partial charge >= 0.3 is 25.9 Å². The van der Waals surface area contributed by atoms with Crippen molar-refractivity contribution in [3.8, 4) is 0 Å². The maximum absolute atomic E-state index is 13.2. The zero-order valence-electron chi connectivity index (χ0n) is 37.7. The molecule has 2 atom stereocenters. The molecule has 0 aromatic heterocycles. The lowest BCUT2D eigenvalue weighted by Gasteiger charge is -2.27. The Bertz CT molecular complexity index is 1050. The van der Waals surface area contributed by atoms with Gasteiger partial charge < -0.3 is 24.3 Å². The molecule has 338 valence electrons. The number of phosphoric acid groups is 1. The van der Waals surface area contributed by atoms with Crippen LogP contribution in [0.15, 0.2) is 0 Å². The van der Waals surface area contributed by atoms with E-state index in [2.05, 4.69) is 19.2 Å². The van der Waals surface area contributed by atoms with Crippen LogP contribution in [-0.2, 0) is 46.7 Å². The zero-order valence-corrected chi connectivity index (χ0v) is 38.6. The van der Waals surface area contributed by atoms with Gasteiger partial charge in [0.2, 0.25) is 0 Å². The fourth-order valence-electron chi connectivity index (χ4n) is 6.05. The van der Waals surface area contributed by atoms with E-state index < -0.39 is 31.6 Å². The summed E-state index contributed by atoms with van der Waals surface area (Å²) >= 11 is 0. The number of phosphoric ester groups is 1. The first-order valence-corrected chi connectivity index (χ1v) is 24.0. The summed E-state index contributed by atoms with van der Waals surface area (Å²) in [7, 11) is -2.93. The molecule has 0 rings (SSSR count). The van der Waals surface area contributed by atoms with Crippen LogP contribution in [-0.4, -0.2) is 75.4 Å². The Kier molecular flexibility index (Phi) is 34.0. The average molecular weight is 836 g/mol. The second-order valence-electron chi connectivity index (χ2n) is 16.9. The zero-order chi connectivity index (χ0) is 42.7. The van der Waals surface area contributed by atoms with E-state index in [4.69, 9.17) is 32.5 Å². The summed E-state index contributed by atoms with van der Waals surface area (Å²) < 4.78 is 51.5. The number of unbranched alkanes of at least 4 members (excludes halogenated alkanes) is 20. The summed E-state index contributed by atoms with van der Waals surface area (Å²) in [5.74, 6) is -0.823. The molecule has 0 saturated heterocycles. The first kappa shape index (κ1) is 55.3. The number of ether oxygens (including phenoxy) is 4. The van der Waals surface area contributed by atoms with Gasteiger partial charge in [0.1, 0.15) is 12.2 Å². The van der Waals surface area contributed by atoms with Crippen molar-refractivity contribution in [3.63, 3.8) is 0 Å². The molecule has 0 radical (unpaired) electrons. The van der Waals surface area contributed by atoms with Crippen LogP contribution in [0.3, 0.4) is 0 Å². The van der Waals surface area contributed by atoms with E-state index in [0.29, 0.717) is 19.4 Å². The van der Waals surface area contributed by atoms with Crippen molar-refractivity contribution >= 4 is 25.9 Å². The van der Waals surface area contributed by atoms with Crippen LogP contribution >= 0.6 is 7.82 Å². The van der Waals surface area contributed by atoms with Gasteiger partial charge in [-0.15, -0.1) is 0 Å². The summed E-state index contributed by atoms with van der Waals surface area (Å²) in [5.41, 5.74) is -1.06. The number of nitrogens with one attached hydrogen (secondary N) is 1. The Morgan fingerprint density at radius 2 is 1.05 bits per heavy atom. The molecule has 0 aromatic carbocycles. The minimum atomic E-state index is -4.11. The SMILES string of the molecule is CCCCCCCCCCCCCC(=O)OCC(COP(=O)(OC)OCCNC(=O)OC(C)(C)CCOC(C)(C)C)OC(=O)CCCCCCCCCCCCC. The molecule has 13 heteroatoms. The standard InChI is InChI=1S/C44H86NO11P/c1-9-11-13-15-17-19-21-23-25-27-29-31-40(46)51-37-39(55-41(47)32-30-28-26-24-22-20-18-16-14-12-10-2)38-54-57(49,50-8)53-36-34-45-42(48)56-44(6,7)33-35-52-43(3,4)5/h39H,9-38H2,1-8H3,(H,45,48). The van der Waals surface area contributed by atoms with Crippen LogP contribution in [0.1, 0.15) is 209 Å². The first-order chi connectivity index (χ1) is 27.1. The lowest BCUT2D eigenvalue weighted by Crippen LogP contribution is -2.37. The van der Waals surface area contributed by atoms with Crippen LogP contribution in [0.5, 0.6) is 0 Å². The topological polar surface area (TPSA) is 145 Å². The van der Waals surface area contributed by atoms with Gasteiger partial charge in [0.05, 0.1) is 25.4 Å². The van der Waals surface area contributed by atoms with Crippen molar-refractivity contribution in [1.29, 1.82) is 0 Å². The van der Waals surface area contributed by atoms with E-state index in [1.54, 1.807) is 13.8 Å². The van der Waals surface area contributed by atoms with E-state index in [0.717, 1.165) is 38.5 Å². The minimum Gasteiger partial charge on any atom is -0.462 e. The molecule has 0 spiro atoms. The summed E-state index contributed by atoms with van der Waals surface area (Å²) in [6.45, 7) is 13.5. The molecular formula is C44H86NO11P. The fraction of sp³-hybridized carbons (Fsp3) is 0.932. The lowest BCUT2D eigenvalue weighted by molar-refractivity contribution is -0.161. The maximum Gasteiger partial charge on any atom is 0.474 e. The molecule has 12 nitrogen and oxygen atoms in total. The predicted octanol–water partition coefficient (Wildman–Crippen LogP) is 12.3. The second-order valence-corrected chi connectivity index (χ2v) is 18.7. The molecule has 1 N–H and O–H groups in total. The van der Waals surface area contributed by atoms with Gasteiger partial charge in [-0.25, -0.2) is 9.36 Å². The minimum absolute atomic E-state index is 0.0296. The highest BCUT2D eigenvalue weighted by Crippen LogP contribution is 2.48. The molecule has 0 heterocycles. The third kappa shape index (κ3) is 37.0. The maximum atomic E-state index is 13.2. The molecule has 0 aliphatic heterocycles. The van der Waals surface area contributed by atoms with Gasteiger partial charge in [0.15, 0.2) is 6.10 Å². The first-order valence-electron chi connectivity index (χ1n) is 22.6. The number of rotatable bonds is 39. The van der Waals surface area contributed by atoms with Gasteiger partial charge in [-0.05, 0) is 47.5 Å². The number of carbonyl (C=O) groups excluding carboxylic acids is 3. The Balaban J connectivity index is 4.82. The summed E-state index contributed by atoms with van der Waals surface area (Å²) in [6, 6.07) is 0. The van der Waals surface area contributed by atoms with Crippen LogP contribution in [0.25, 0.3) is 0 Å². The van der Waals surface area contributed by atoms with Gasteiger partial charge in [-0.2, -0.15) is 0 Å². The van der Waals surface area contributed by atoms with E-state index in [1.165, 1.54) is 103 Å². The monoisotopic (exact) mass is 836 g/mol. The van der Waals surface area contributed by atoms with E-state index in [1.807, 2.05) is 20.8 Å². The molecule has 0 aromatic rings. The third-order valence-corrected chi connectivity index (χ3v) is 11.0. The number of hydrogen-bond donors (Lipinski definition) is 1. The van der Waals surface area contributed by atoms with Gasteiger partial charge in [0, 0.05) is 32.9 Å². The van der Waals surface area contributed by atoms with Crippen molar-refractivity contribution in [3.05, 3.63) is 0 Å². The van der Waals surface area contributed by atoms with Gasteiger partial charge in [-0.1, -0.05) is 142 Å². The number of esters is 2. The molecule has 0 aliphatic carbocycles. The van der Waals surface area contributed by atoms with Crippen molar-refractivity contribution in [2.45, 2.75) is 226 Å². The fourth-order valence-corrected chi connectivity index (χ4v) is 7.00. The third-order valence-electron chi connectivity index (χ3n) is 9.57. The van der Waals surface area contributed by atoms with Crippen molar-refractivity contribution in [1.82, 2.24) is 5.32 Å². The van der Waals surface area contributed by atoms with Crippen molar-refractivity contribution in [2.75, 3.05) is 40.1 Å². The van der Waals surface area contributed by atoms with Gasteiger partial charge in [-0.3, -0.25) is 23.2 Å². The summed E-state index contributed by atoms with van der Waals surface area (Å²) in [6.07, 6.45) is 25.1. The molecule has 0 saturated carbocycles. The van der Waals surface area contributed by atoms with Crippen molar-refractivity contribution in [2.24, 2.45) is 0 Å². The summed E-state index contributed by atoms with van der Waals surface area (Å²) in [5, 5.41) is 2.57. The highest BCUT2D eigenvalue weighted by molar-refractivity contribution is 7.48. The molecule has 57 heavy (non-hydrogen) atoms. The van der Waals surface area contributed by atoms with Crippen LogP contribution in [0.2, 0.25) is 0 Å². The Hall–Kier alpha value is -1.72. The molecule has 2 unspecified atom stereocenters. The highest BCUT2D eigenvalue weighted by atomic mass is 31.2. The Labute approximate surface area is 348 Å². The van der Waals surface area contributed by atoms with E-state index >= 15 is 0 Å². The second kappa shape index (κ2) is 35.1. The number of carbonyl (C=O) groups is 3. The van der Waals surface area contributed by atoms with E-state index in [-0.39, 0.29) is 50.8 Å². The predicted molar refractivity (Wildman–Crippen MR) is 228 cm³/mol. The van der Waals surface area contributed by atoms with Gasteiger partial charge in [0.25, 0.3) is 0 Å². The number of alkyl carbamates (subject to hydrolysis) is 1. The van der Waals surface area contributed by atoms with E-state index in [9.17, 15) is 18.9 Å². The molecule has 0 aliphatic rings. The summed E-state index contributed by atoms with van der Waals surface area (Å²) in [4.78, 5) is 37.8. The highest BCUT2D eigenvalue weighted by Gasteiger charge is 2.29. The van der Waals surface area contributed by atoms with Crippen LogP contribution in [0, 0.1) is 0 Å². The molecule has 0 bridgehead atoms. The normalized spacial score (nSPS) is 13.5. The molecular weight excluding hydrogens is 749 g/mol. The lowest BCUT2D eigenvalue weighted by atomic mass is 10.1. The molecule has 1 amide bonds. The van der Waals surface area contributed by atoms with Crippen LogP contribution in [0.4, 0.5) is 4.79 Å². The van der Waals surface area contributed by atoms with Crippen molar-refractivity contribution < 1.29 is 51.5 Å². The number of hydrogen-bond acceptors (Lipinski definition) is 11.